The third kappa shape index (κ3) is 2.18. The molecule has 0 aromatic carbocycles. The summed E-state index contributed by atoms with van der Waals surface area (Å²) in [5, 5.41) is 0.453. The zero-order chi connectivity index (χ0) is 9.90. The second-order valence-corrected chi connectivity index (χ2v) is 3.37. The minimum absolute atomic E-state index is 0.372. The SMILES string of the molecule is COC(C)(CN)c1cccc(Cl)n1. The number of rotatable bonds is 3. The maximum atomic E-state index is 5.76. The van der Waals surface area contributed by atoms with Crippen molar-refractivity contribution in [2.24, 2.45) is 5.73 Å². The molecule has 1 unspecified atom stereocenters. The highest BCUT2D eigenvalue weighted by Crippen LogP contribution is 2.22. The average molecular weight is 201 g/mol. The van der Waals surface area contributed by atoms with Crippen molar-refractivity contribution in [2.75, 3.05) is 13.7 Å². The molecule has 4 heteroatoms. The van der Waals surface area contributed by atoms with Crippen molar-refractivity contribution in [1.82, 2.24) is 4.98 Å². The smallest absolute Gasteiger partial charge is 0.129 e. The molecule has 0 spiro atoms. The fourth-order valence-electron chi connectivity index (χ4n) is 0.995. The van der Waals surface area contributed by atoms with Crippen LogP contribution in [0.5, 0.6) is 0 Å². The predicted molar refractivity (Wildman–Crippen MR) is 52.7 cm³/mol. The summed E-state index contributed by atoms with van der Waals surface area (Å²) in [5.41, 5.74) is 5.80. The second kappa shape index (κ2) is 4.05. The van der Waals surface area contributed by atoms with E-state index in [2.05, 4.69) is 4.98 Å². The molecule has 1 atom stereocenters. The standard InChI is InChI=1S/C9H13ClN2O/c1-9(6-11,13-2)7-4-3-5-8(10)12-7/h3-5H,6,11H2,1-2H3. The van der Waals surface area contributed by atoms with Crippen molar-refractivity contribution in [3.63, 3.8) is 0 Å². The molecule has 0 saturated heterocycles. The first-order chi connectivity index (χ1) is 6.12. The van der Waals surface area contributed by atoms with E-state index in [9.17, 15) is 0 Å². The fourth-order valence-corrected chi connectivity index (χ4v) is 1.16. The Hall–Kier alpha value is -0.640. The Morgan fingerprint density at radius 3 is 2.77 bits per heavy atom. The molecule has 1 heterocycles. The lowest BCUT2D eigenvalue weighted by molar-refractivity contribution is 0.00643. The molecule has 3 nitrogen and oxygen atoms in total. The summed E-state index contributed by atoms with van der Waals surface area (Å²) in [4.78, 5) is 4.15. The van der Waals surface area contributed by atoms with Crippen LogP contribution in [-0.4, -0.2) is 18.6 Å². The highest BCUT2D eigenvalue weighted by molar-refractivity contribution is 6.29. The van der Waals surface area contributed by atoms with Crippen LogP contribution in [0.1, 0.15) is 12.6 Å². The minimum atomic E-state index is -0.551. The van der Waals surface area contributed by atoms with Gasteiger partial charge < -0.3 is 10.5 Å². The summed E-state index contributed by atoms with van der Waals surface area (Å²) in [6, 6.07) is 5.40. The highest BCUT2D eigenvalue weighted by atomic mass is 35.5. The van der Waals surface area contributed by atoms with Crippen molar-refractivity contribution in [1.29, 1.82) is 0 Å². The zero-order valence-corrected chi connectivity index (χ0v) is 8.51. The van der Waals surface area contributed by atoms with Crippen molar-refractivity contribution in [2.45, 2.75) is 12.5 Å². The van der Waals surface area contributed by atoms with Gasteiger partial charge >= 0.3 is 0 Å². The third-order valence-electron chi connectivity index (χ3n) is 2.10. The molecule has 0 bridgehead atoms. The molecule has 0 fully saturated rings. The molecular weight excluding hydrogens is 188 g/mol. The molecule has 2 N–H and O–H groups in total. The van der Waals surface area contributed by atoms with Gasteiger partial charge in [-0.15, -0.1) is 0 Å². The lowest BCUT2D eigenvalue weighted by Gasteiger charge is -2.25. The Balaban J connectivity index is 3.05. The maximum Gasteiger partial charge on any atom is 0.129 e. The quantitative estimate of drug-likeness (QED) is 0.754. The van der Waals surface area contributed by atoms with E-state index in [4.69, 9.17) is 22.1 Å². The van der Waals surface area contributed by atoms with E-state index in [0.29, 0.717) is 11.7 Å². The molecule has 0 radical (unpaired) electrons. The van der Waals surface area contributed by atoms with Gasteiger partial charge in [0.1, 0.15) is 10.8 Å². The van der Waals surface area contributed by atoms with E-state index in [-0.39, 0.29) is 0 Å². The van der Waals surface area contributed by atoms with Gasteiger partial charge in [-0.05, 0) is 19.1 Å². The average Bonchev–Trinajstić information content (AvgIpc) is 2.17. The summed E-state index contributed by atoms with van der Waals surface area (Å²) < 4.78 is 5.28. The van der Waals surface area contributed by atoms with E-state index >= 15 is 0 Å². The molecule has 72 valence electrons. The summed E-state index contributed by atoms with van der Waals surface area (Å²) in [5.74, 6) is 0. The minimum Gasteiger partial charge on any atom is -0.371 e. The number of nitrogens with two attached hydrogens (primary N) is 1. The van der Waals surface area contributed by atoms with Gasteiger partial charge in [0.25, 0.3) is 0 Å². The first kappa shape index (κ1) is 10.4. The van der Waals surface area contributed by atoms with Crippen molar-refractivity contribution >= 4 is 11.6 Å². The highest BCUT2D eigenvalue weighted by Gasteiger charge is 2.25. The number of methoxy groups -OCH3 is 1. The van der Waals surface area contributed by atoms with E-state index in [1.807, 2.05) is 19.1 Å². The normalized spacial score (nSPS) is 15.4. The van der Waals surface area contributed by atoms with Crippen LogP contribution in [0, 0.1) is 0 Å². The molecule has 0 saturated carbocycles. The molecule has 0 aliphatic rings. The lowest BCUT2D eigenvalue weighted by atomic mass is 10.0. The van der Waals surface area contributed by atoms with E-state index in [1.165, 1.54) is 0 Å². The largest absolute Gasteiger partial charge is 0.371 e. The van der Waals surface area contributed by atoms with E-state index < -0.39 is 5.60 Å². The van der Waals surface area contributed by atoms with Crippen LogP contribution in [-0.2, 0) is 10.3 Å². The van der Waals surface area contributed by atoms with E-state index in [0.717, 1.165) is 5.69 Å². The molecule has 0 amide bonds. The number of halogens is 1. The summed E-state index contributed by atoms with van der Waals surface area (Å²) in [6.45, 7) is 2.25. The van der Waals surface area contributed by atoms with Crippen LogP contribution in [0.3, 0.4) is 0 Å². The van der Waals surface area contributed by atoms with Crippen LogP contribution in [0.4, 0.5) is 0 Å². The predicted octanol–water partition coefficient (Wildman–Crippen LogP) is 1.56. The second-order valence-electron chi connectivity index (χ2n) is 2.98. The summed E-state index contributed by atoms with van der Waals surface area (Å²) in [6.07, 6.45) is 0. The van der Waals surface area contributed by atoms with Gasteiger partial charge in [0.05, 0.1) is 5.69 Å². The van der Waals surface area contributed by atoms with Crippen LogP contribution in [0.15, 0.2) is 18.2 Å². The Morgan fingerprint density at radius 2 is 2.31 bits per heavy atom. The van der Waals surface area contributed by atoms with Gasteiger partial charge in [-0.1, -0.05) is 17.7 Å². The fraction of sp³-hybridized carbons (Fsp3) is 0.444. The number of pyridine rings is 1. The molecular formula is C9H13ClN2O. The Labute approximate surface area is 82.9 Å². The summed E-state index contributed by atoms with van der Waals surface area (Å²) >= 11 is 5.76. The van der Waals surface area contributed by atoms with Gasteiger partial charge in [-0.25, -0.2) is 4.98 Å². The number of hydrogen-bond donors (Lipinski definition) is 1. The lowest BCUT2D eigenvalue weighted by Crippen LogP contribution is -2.34. The molecule has 0 aliphatic heterocycles. The topological polar surface area (TPSA) is 48.1 Å². The monoisotopic (exact) mass is 200 g/mol. The van der Waals surface area contributed by atoms with Crippen LogP contribution in [0.25, 0.3) is 0 Å². The van der Waals surface area contributed by atoms with Gasteiger partial charge in [0.15, 0.2) is 0 Å². The maximum absolute atomic E-state index is 5.76. The number of hydrogen-bond acceptors (Lipinski definition) is 3. The number of aromatic nitrogens is 1. The van der Waals surface area contributed by atoms with Crippen molar-refractivity contribution in [3.05, 3.63) is 29.0 Å². The van der Waals surface area contributed by atoms with Gasteiger partial charge in [0.2, 0.25) is 0 Å². The van der Waals surface area contributed by atoms with Crippen LogP contribution in [0.2, 0.25) is 5.15 Å². The summed E-state index contributed by atoms with van der Waals surface area (Å²) in [7, 11) is 1.61. The third-order valence-corrected chi connectivity index (χ3v) is 2.31. The van der Waals surface area contributed by atoms with Crippen LogP contribution < -0.4 is 5.73 Å². The molecule has 1 aromatic rings. The first-order valence-electron chi connectivity index (χ1n) is 4.00. The molecule has 0 aliphatic carbocycles. The zero-order valence-electron chi connectivity index (χ0n) is 7.75. The van der Waals surface area contributed by atoms with Gasteiger partial charge in [-0.2, -0.15) is 0 Å². The van der Waals surface area contributed by atoms with Crippen LogP contribution >= 0.6 is 11.6 Å². The number of ether oxygens (including phenoxy) is 1. The Kier molecular flexibility index (Phi) is 3.25. The first-order valence-corrected chi connectivity index (χ1v) is 4.38. The number of nitrogens with zero attached hydrogens (tertiary/aromatic N) is 1. The van der Waals surface area contributed by atoms with Crippen molar-refractivity contribution < 1.29 is 4.74 Å². The molecule has 1 aromatic heterocycles. The van der Waals surface area contributed by atoms with Gasteiger partial charge in [-0.3, -0.25) is 0 Å². The molecule has 13 heavy (non-hydrogen) atoms. The van der Waals surface area contributed by atoms with Crippen molar-refractivity contribution in [3.8, 4) is 0 Å². The Bertz CT molecular complexity index is 287. The molecule has 1 rings (SSSR count). The Morgan fingerprint density at radius 1 is 1.62 bits per heavy atom. The van der Waals surface area contributed by atoms with E-state index in [1.54, 1.807) is 13.2 Å². The van der Waals surface area contributed by atoms with Gasteiger partial charge in [0, 0.05) is 13.7 Å².